The highest BCUT2D eigenvalue weighted by molar-refractivity contribution is 5.93. The number of amides is 3. The maximum Gasteiger partial charge on any atom is 0.326 e. The minimum absolute atomic E-state index is 0.462. The first-order chi connectivity index (χ1) is 8.88. The normalized spacial score (nSPS) is 11.4. The van der Waals surface area contributed by atoms with Crippen LogP contribution >= 0.6 is 0 Å². The fourth-order valence-corrected chi connectivity index (χ4v) is 1.45. The van der Waals surface area contributed by atoms with Gasteiger partial charge in [-0.1, -0.05) is 12.1 Å². The summed E-state index contributed by atoms with van der Waals surface area (Å²) in [5, 5.41) is 13.5. The first-order valence-corrected chi connectivity index (χ1v) is 5.54. The van der Waals surface area contributed by atoms with E-state index >= 15 is 0 Å². The highest BCUT2D eigenvalue weighted by Crippen LogP contribution is 2.09. The van der Waals surface area contributed by atoms with Crippen LogP contribution in [-0.4, -0.2) is 29.1 Å². The van der Waals surface area contributed by atoms with Gasteiger partial charge in [0.2, 0.25) is 5.91 Å². The minimum Gasteiger partial charge on any atom is -0.480 e. The molecule has 0 spiro atoms. The molecule has 7 heteroatoms. The summed E-state index contributed by atoms with van der Waals surface area (Å²) in [6, 6.07) is 4.95. The summed E-state index contributed by atoms with van der Waals surface area (Å²) in [7, 11) is 0. The Hall–Kier alpha value is -2.57. The first kappa shape index (κ1) is 14.5. The zero-order chi connectivity index (χ0) is 14.4. The summed E-state index contributed by atoms with van der Waals surface area (Å²) in [6.45, 7) is 1.86. The summed E-state index contributed by atoms with van der Waals surface area (Å²) in [5.41, 5.74) is 6.38. The summed E-state index contributed by atoms with van der Waals surface area (Å²) < 4.78 is 0. The van der Waals surface area contributed by atoms with Crippen LogP contribution in [0.15, 0.2) is 24.3 Å². The van der Waals surface area contributed by atoms with E-state index in [0.717, 1.165) is 5.56 Å². The van der Waals surface area contributed by atoms with Gasteiger partial charge in [0.15, 0.2) is 0 Å². The third-order valence-corrected chi connectivity index (χ3v) is 2.28. The molecule has 3 amide bonds. The fourth-order valence-electron chi connectivity index (χ4n) is 1.45. The molecule has 0 aliphatic rings. The highest BCUT2D eigenvalue weighted by Gasteiger charge is 2.21. The van der Waals surface area contributed by atoms with Gasteiger partial charge in [-0.15, -0.1) is 0 Å². The number of carbonyl (C=O) groups excluding carboxylic acids is 2. The second kappa shape index (κ2) is 6.39. The van der Waals surface area contributed by atoms with E-state index in [1.165, 1.54) is 0 Å². The smallest absolute Gasteiger partial charge is 0.326 e. The first-order valence-electron chi connectivity index (χ1n) is 5.54. The second-order valence-electron chi connectivity index (χ2n) is 4.03. The molecule has 0 aliphatic carbocycles. The quantitative estimate of drug-likeness (QED) is 0.617. The predicted octanol–water partition coefficient (Wildman–Crippen LogP) is 0.445. The van der Waals surface area contributed by atoms with Crippen LogP contribution in [-0.2, 0) is 9.59 Å². The Morgan fingerprint density at radius 1 is 1.37 bits per heavy atom. The van der Waals surface area contributed by atoms with Crippen molar-refractivity contribution in [3.63, 3.8) is 0 Å². The SMILES string of the molecule is Cc1cccc(NC(=O)N[C@H](CC(N)=O)C(=O)O)c1. The van der Waals surface area contributed by atoms with Gasteiger partial charge in [0.25, 0.3) is 0 Å². The van der Waals surface area contributed by atoms with E-state index in [1.807, 2.05) is 13.0 Å². The van der Waals surface area contributed by atoms with Gasteiger partial charge in [-0.05, 0) is 24.6 Å². The number of nitrogens with two attached hydrogens (primary N) is 1. The Labute approximate surface area is 109 Å². The van der Waals surface area contributed by atoms with Crippen LogP contribution in [0.3, 0.4) is 0 Å². The van der Waals surface area contributed by atoms with E-state index in [-0.39, 0.29) is 0 Å². The van der Waals surface area contributed by atoms with E-state index in [1.54, 1.807) is 18.2 Å². The van der Waals surface area contributed by atoms with Crippen LogP contribution in [0.4, 0.5) is 10.5 Å². The number of carboxylic acid groups (broad SMARTS) is 1. The van der Waals surface area contributed by atoms with Gasteiger partial charge in [-0.3, -0.25) is 4.79 Å². The lowest BCUT2D eigenvalue weighted by Crippen LogP contribution is -2.45. The van der Waals surface area contributed by atoms with Crippen molar-refractivity contribution in [3.05, 3.63) is 29.8 Å². The molecule has 7 nitrogen and oxygen atoms in total. The number of hydrogen-bond acceptors (Lipinski definition) is 3. The van der Waals surface area contributed by atoms with E-state index < -0.39 is 30.4 Å². The van der Waals surface area contributed by atoms with Crippen molar-refractivity contribution in [1.82, 2.24) is 5.32 Å². The summed E-state index contributed by atoms with van der Waals surface area (Å²) >= 11 is 0. The molecular formula is C12H15N3O4. The van der Waals surface area contributed by atoms with Crippen LogP contribution in [0, 0.1) is 6.92 Å². The lowest BCUT2D eigenvalue weighted by atomic mass is 10.2. The minimum atomic E-state index is -1.35. The van der Waals surface area contributed by atoms with Gasteiger partial charge in [0.05, 0.1) is 6.42 Å². The summed E-state index contributed by atoms with van der Waals surface area (Å²) in [4.78, 5) is 33.1. The molecule has 0 fully saturated rings. The van der Waals surface area contributed by atoms with Gasteiger partial charge < -0.3 is 21.5 Å². The van der Waals surface area contributed by atoms with Gasteiger partial charge in [0, 0.05) is 5.69 Å². The van der Waals surface area contributed by atoms with Gasteiger partial charge >= 0.3 is 12.0 Å². The lowest BCUT2D eigenvalue weighted by molar-refractivity contribution is -0.140. The van der Waals surface area contributed by atoms with Gasteiger partial charge in [-0.25, -0.2) is 9.59 Å². The largest absolute Gasteiger partial charge is 0.480 e. The molecule has 1 atom stereocenters. The molecule has 0 aliphatic heterocycles. The van der Waals surface area contributed by atoms with E-state index in [0.29, 0.717) is 5.69 Å². The molecule has 1 aromatic rings. The fraction of sp³-hybridized carbons (Fsp3) is 0.250. The Morgan fingerprint density at radius 3 is 2.58 bits per heavy atom. The van der Waals surface area contributed by atoms with Crippen molar-refractivity contribution < 1.29 is 19.5 Å². The van der Waals surface area contributed by atoms with Crippen molar-refractivity contribution >= 4 is 23.6 Å². The van der Waals surface area contributed by atoms with Crippen molar-refractivity contribution in [3.8, 4) is 0 Å². The van der Waals surface area contributed by atoms with Gasteiger partial charge in [-0.2, -0.15) is 0 Å². The monoisotopic (exact) mass is 265 g/mol. The molecule has 19 heavy (non-hydrogen) atoms. The third kappa shape index (κ3) is 5.07. The summed E-state index contributed by atoms with van der Waals surface area (Å²) in [6.07, 6.45) is -0.462. The molecule has 0 aromatic heterocycles. The average Bonchev–Trinajstić information content (AvgIpc) is 2.27. The number of rotatable bonds is 5. The highest BCUT2D eigenvalue weighted by atomic mass is 16.4. The molecule has 0 radical (unpaired) electrons. The predicted molar refractivity (Wildman–Crippen MR) is 68.6 cm³/mol. The number of nitrogens with one attached hydrogen (secondary N) is 2. The Morgan fingerprint density at radius 2 is 2.05 bits per heavy atom. The van der Waals surface area contributed by atoms with Crippen LogP contribution in [0.2, 0.25) is 0 Å². The van der Waals surface area contributed by atoms with Crippen LogP contribution in [0.25, 0.3) is 0 Å². The van der Waals surface area contributed by atoms with Gasteiger partial charge in [0.1, 0.15) is 6.04 Å². The standard InChI is InChI=1S/C12H15N3O4/c1-7-3-2-4-8(5-7)14-12(19)15-9(11(17)18)6-10(13)16/h2-5,9H,6H2,1H3,(H2,13,16)(H,17,18)(H2,14,15,19)/t9-/m1/s1. The molecular weight excluding hydrogens is 250 g/mol. The third-order valence-electron chi connectivity index (χ3n) is 2.28. The molecule has 0 bridgehead atoms. The molecule has 0 heterocycles. The van der Waals surface area contributed by atoms with Crippen molar-refractivity contribution in [2.45, 2.75) is 19.4 Å². The molecule has 1 aromatic carbocycles. The molecule has 5 N–H and O–H groups in total. The number of benzene rings is 1. The van der Waals surface area contributed by atoms with Crippen molar-refractivity contribution in [2.75, 3.05) is 5.32 Å². The Balaban J connectivity index is 2.62. The molecule has 0 unspecified atom stereocenters. The number of hydrogen-bond donors (Lipinski definition) is 4. The number of urea groups is 1. The van der Waals surface area contributed by atoms with Crippen LogP contribution in [0.5, 0.6) is 0 Å². The van der Waals surface area contributed by atoms with Crippen LogP contribution in [0.1, 0.15) is 12.0 Å². The maximum absolute atomic E-state index is 11.6. The Bertz CT molecular complexity index is 502. The number of anilines is 1. The molecule has 1 rings (SSSR count). The number of aliphatic carboxylic acids is 1. The number of aryl methyl sites for hydroxylation is 1. The Kier molecular flexibility index (Phi) is 4.87. The topological polar surface area (TPSA) is 122 Å². The summed E-state index contributed by atoms with van der Waals surface area (Å²) in [5.74, 6) is -2.12. The number of carbonyl (C=O) groups is 3. The van der Waals surface area contributed by atoms with Crippen LogP contribution < -0.4 is 16.4 Å². The average molecular weight is 265 g/mol. The zero-order valence-corrected chi connectivity index (χ0v) is 10.3. The number of carboxylic acids is 1. The molecule has 0 saturated carbocycles. The molecule has 102 valence electrons. The van der Waals surface area contributed by atoms with E-state index in [9.17, 15) is 14.4 Å². The van der Waals surface area contributed by atoms with Crippen molar-refractivity contribution in [2.24, 2.45) is 5.73 Å². The van der Waals surface area contributed by atoms with E-state index in [2.05, 4.69) is 10.6 Å². The van der Waals surface area contributed by atoms with E-state index in [4.69, 9.17) is 10.8 Å². The lowest BCUT2D eigenvalue weighted by Gasteiger charge is -2.13. The van der Waals surface area contributed by atoms with Crippen molar-refractivity contribution in [1.29, 1.82) is 0 Å². The number of primary amides is 1. The maximum atomic E-state index is 11.6. The second-order valence-corrected chi connectivity index (χ2v) is 4.03. The zero-order valence-electron chi connectivity index (χ0n) is 10.3. The molecule has 0 saturated heterocycles.